The summed E-state index contributed by atoms with van der Waals surface area (Å²) in [5, 5.41) is 15.9. The van der Waals surface area contributed by atoms with E-state index in [0.717, 1.165) is 0 Å². The van der Waals surface area contributed by atoms with E-state index in [-0.39, 0.29) is 17.2 Å². The minimum Gasteiger partial charge on any atom is -0.449 e. The molecule has 0 aromatic heterocycles. The lowest BCUT2D eigenvalue weighted by atomic mass is 10.2. The van der Waals surface area contributed by atoms with E-state index in [1.54, 1.807) is 24.3 Å². The Morgan fingerprint density at radius 3 is 2.27 bits per heavy atom. The second-order valence-electron chi connectivity index (χ2n) is 5.96. The van der Waals surface area contributed by atoms with Crippen LogP contribution in [-0.2, 0) is 4.74 Å². The summed E-state index contributed by atoms with van der Waals surface area (Å²) in [4.78, 5) is 34.0. The standard InChI is InChI=1S/C18H19N3O5/c1-12(2)11-26-18(23)20-15-5-3-4-14(10-15)19-17(22)13-6-8-16(9-7-13)21(24)25/h3-10,12H,11H2,1-2H3,(H,19,22)(H,20,23). The molecular formula is C18H19N3O5. The molecule has 0 aliphatic rings. The van der Waals surface area contributed by atoms with E-state index in [0.29, 0.717) is 18.0 Å². The van der Waals surface area contributed by atoms with Crippen LogP contribution < -0.4 is 10.6 Å². The summed E-state index contributed by atoms with van der Waals surface area (Å²) in [6.07, 6.45) is -0.572. The molecule has 8 nitrogen and oxygen atoms in total. The highest BCUT2D eigenvalue weighted by atomic mass is 16.6. The molecule has 8 heteroatoms. The van der Waals surface area contributed by atoms with E-state index in [1.165, 1.54) is 24.3 Å². The summed E-state index contributed by atoms with van der Waals surface area (Å²) in [6, 6.07) is 11.8. The highest BCUT2D eigenvalue weighted by molar-refractivity contribution is 6.04. The molecule has 0 radical (unpaired) electrons. The van der Waals surface area contributed by atoms with Gasteiger partial charge in [-0.05, 0) is 36.2 Å². The van der Waals surface area contributed by atoms with Crippen molar-refractivity contribution in [2.45, 2.75) is 13.8 Å². The molecule has 0 saturated heterocycles. The molecule has 2 aromatic rings. The number of rotatable bonds is 6. The van der Waals surface area contributed by atoms with Gasteiger partial charge in [-0.1, -0.05) is 19.9 Å². The maximum atomic E-state index is 12.2. The molecule has 26 heavy (non-hydrogen) atoms. The summed E-state index contributed by atoms with van der Waals surface area (Å²) in [5.74, 6) is -0.187. The Balaban J connectivity index is 2.00. The fourth-order valence-electron chi connectivity index (χ4n) is 2.01. The first-order chi connectivity index (χ1) is 12.3. The summed E-state index contributed by atoms with van der Waals surface area (Å²) >= 11 is 0. The van der Waals surface area contributed by atoms with Crippen LogP contribution in [-0.4, -0.2) is 23.5 Å². The smallest absolute Gasteiger partial charge is 0.411 e. The highest BCUT2D eigenvalue weighted by Crippen LogP contribution is 2.18. The number of anilines is 2. The lowest BCUT2D eigenvalue weighted by Gasteiger charge is -2.10. The van der Waals surface area contributed by atoms with Crippen molar-refractivity contribution in [2.75, 3.05) is 17.2 Å². The quantitative estimate of drug-likeness (QED) is 0.598. The summed E-state index contributed by atoms with van der Waals surface area (Å²) in [6.45, 7) is 4.17. The predicted octanol–water partition coefficient (Wildman–Crippen LogP) is 4.05. The van der Waals surface area contributed by atoms with E-state index >= 15 is 0 Å². The van der Waals surface area contributed by atoms with Gasteiger partial charge in [0.1, 0.15) is 0 Å². The Morgan fingerprint density at radius 2 is 1.69 bits per heavy atom. The number of nitro groups is 1. The molecule has 2 amide bonds. The van der Waals surface area contributed by atoms with E-state index in [2.05, 4.69) is 10.6 Å². The Hall–Kier alpha value is -3.42. The van der Waals surface area contributed by atoms with Gasteiger partial charge in [0.2, 0.25) is 0 Å². The minimum atomic E-state index is -0.572. The van der Waals surface area contributed by atoms with Crippen LogP contribution in [0.15, 0.2) is 48.5 Å². The van der Waals surface area contributed by atoms with Gasteiger partial charge in [0.05, 0.1) is 11.5 Å². The molecule has 0 bridgehead atoms. The van der Waals surface area contributed by atoms with Crippen molar-refractivity contribution in [3.8, 4) is 0 Å². The molecule has 2 rings (SSSR count). The third-order valence-electron chi connectivity index (χ3n) is 3.25. The number of non-ortho nitro benzene ring substituents is 1. The van der Waals surface area contributed by atoms with Crippen LogP contribution in [0.5, 0.6) is 0 Å². The largest absolute Gasteiger partial charge is 0.449 e. The maximum absolute atomic E-state index is 12.2. The number of hydrogen-bond acceptors (Lipinski definition) is 5. The lowest BCUT2D eigenvalue weighted by Crippen LogP contribution is -2.17. The Kier molecular flexibility index (Phi) is 6.26. The number of carbonyl (C=O) groups is 2. The van der Waals surface area contributed by atoms with Crippen LogP contribution in [0.3, 0.4) is 0 Å². The third-order valence-corrected chi connectivity index (χ3v) is 3.25. The molecule has 0 atom stereocenters. The predicted molar refractivity (Wildman–Crippen MR) is 97.3 cm³/mol. The lowest BCUT2D eigenvalue weighted by molar-refractivity contribution is -0.384. The average Bonchev–Trinajstić information content (AvgIpc) is 2.60. The van der Waals surface area contributed by atoms with Crippen LogP contribution >= 0.6 is 0 Å². The van der Waals surface area contributed by atoms with Gasteiger partial charge in [-0.3, -0.25) is 20.2 Å². The number of nitrogens with zero attached hydrogens (tertiary/aromatic N) is 1. The first kappa shape index (κ1) is 18.9. The fourth-order valence-corrected chi connectivity index (χ4v) is 2.01. The fraction of sp³-hybridized carbons (Fsp3) is 0.222. The highest BCUT2D eigenvalue weighted by Gasteiger charge is 2.10. The maximum Gasteiger partial charge on any atom is 0.411 e. The molecule has 0 aliphatic carbocycles. The van der Waals surface area contributed by atoms with E-state index in [4.69, 9.17) is 4.74 Å². The summed E-state index contributed by atoms with van der Waals surface area (Å²) < 4.78 is 5.04. The van der Waals surface area contributed by atoms with Gasteiger partial charge in [-0.15, -0.1) is 0 Å². The van der Waals surface area contributed by atoms with Crippen LogP contribution in [0, 0.1) is 16.0 Å². The van der Waals surface area contributed by atoms with Gasteiger partial charge in [0, 0.05) is 29.1 Å². The van der Waals surface area contributed by atoms with Crippen LogP contribution in [0.4, 0.5) is 21.9 Å². The topological polar surface area (TPSA) is 111 Å². The van der Waals surface area contributed by atoms with Gasteiger partial charge in [0.25, 0.3) is 11.6 Å². The second-order valence-corrected chi connectivity index (χ2v) is 5.96. The van der Waals surface area contributed by atoms with Crippen molar-refractivity contribution in [1.29, 1.82) is 0 Å². The third kappa shape index (κ3) is 5.59. The first-order valence-electron chi connectivity index (χ1n) is 7.95. The van der Waals surface area contributed by atoms with Crippen LogP contribution in [0.25, 0.3) is 0 Å². The molecule has 0 saturated carbocycles. The average molecular weight is 357 g/mol. The molecule has 0 fully saturated rings. The van der Waals surface area contributed by atoms with Gasteiger partial charge < -0.3 is 10.1 Å². The zero-order chi connectivity index (χ0) is 19.1. The van der Waals surface area contributed by atoms with E-state index < -0.39 is 16.9 Å². The van der Waals surface area contributed by atoms with Gasteiger partial charge in [-0.2, -0.15) is 0 Å². The zero-order valence-electron chi connectivity index (χ0n) is 14.4. The summed E-state index contributed by atoms with van der Waals surface area (Å²) in [7, 11) is 0. The number of amides is 2. The monoisotopic (exact) mass is 357 g/mol. The van der Waals surface area contributed by atoms with Crippen molar-refractivity contribution in [3.05, 3.63) is 64.2 Å². The van der Waals surface area contributed by atoms with Gasteiger partial charge in [-0.25, -0.2) is 4.79 Å². The second kappa shape index (κ2) is 8.61. The number of nitrogens with one attached hydrogen (secondary N) is 2. The molecular weight excluding hydrogens is 338 g/mol. The number of ether oxygens (including phenoxy) is 1. The minimum absolute atomic E-state index is 0.0901. The van der Waals surface area contributed by atoms with Crippen molar-refractivity contribution in [2.24, 2.45) is 5.92 Å². The number of carbonyl (C=O) groups excluding carboxylic acids is 2. The Morgan fingerprint density at radius 1 is 1.08 bits per heavy atom. The number of hydrogen-bond donors (Lipinski definition) is 2. The molecule has 2 N–H and O–H groups in total. The van der Waals surface area contributed by atoms with Gasteiger partial charge >= 0.3 is 6.09 Å². The van der Waals surface area contributed by atoms with E-state index in [1.807, 2.05) is 13.8 Å². The van der Waals surface area contributed by atoms with Crippen molar-refractivity contribution in [3.63, 3.8) is 0 Å². The zero-order valence-corrected chi connectivity index (χ0v) is 14.4. The van der Waals surface area contributed by atoms with Crippen LogP contribution in [0.1, 0.15) is 24.2 Å². The van der Waals surface area contributed by atoms with E-state index in [9.17, 15) is 19.7 Å². The molecule has 0 aliphatic heterocycles. The number of nitro benzene ring substituents is 1. The first-order valence-corrected chi connectivity index (χ1v) is 7.95. The van der Waals surface area contributed by atoms with Crippen molar-refractivity contribution in [1.82, 2.24) is 0 Å². The molecule has 0 unspecified atom stereocenters. The summed E-state index contributed by atoms with van der Waals surface area (Å²) in [5.41, 5.74) is 1.13. The van der Waals surface area contributed by atoms with Crippen molar-refractivity contribution >= 4 is 29.1 Å². The SMILES string of the molecule is CC(C)COC(=O)Nc1cccc(NC(=O)c2ccc([N+](=O)[O-])cc2)c1. The Bertz CT molecular complexity index is 803. The van der Waals surface area contributed by atoms with Crippen LogP contribution in [0.2, 0.25) is 0 Å². The molecule has 136 valence electrons. The van der Waals surface area contributed by atoms with Gasteiger partial charge in [0.15, 0.2) is 0 Å². The Labute approximate surface area is 150 Å². The molecule has 0 spiro atoms. The molecule has 2 aromatic carbocycles. The number of benzene rings is 2. The normalized spacial score (nSPS) is 10.3. The van der Waals surface area contributed by atoms with Crippen molar-refractivity contribution < 1.29 is 19.2 Å². The molecule has 0 heterocycles.